The second-order valence-corrected chi connectivity index (χ2v) is 14.9. The van der Waals surface area contributed by atoms with Gasteiger partial charge in [0, 0.05) is 5.92 Å². The highest BCUT2D eigenvalue weighted by Gasteiger charge is 2.77. The molecule has 3 aromatic rings. The summed E-state index contributed by atoms with van der Waals surface area (Å²) in [6.45, 7) is -0.594. The van der Waals surface area contributed by atoms with Crippen molar-refractivity contribution in [3.8, 4) is 5.75 Å². The van der Waals surface area contributed by atoms with Gasteiger partial charge >= 0.3 is 12.4 Å². The van der Waals surface area contributed by atoms with Crippen molar-refractivity contribution < 1.29 is 77.3 Å². The third-order valence-corrected chi connectivity index (χ3v) is 12.0. The van der Waals surface area contributed by atoms with Crippen molar-refractivity contribution in [2.24, 2.45) is 17.8 Å². The molecule has 6 atom stereocenters. The van der Waals surface area contributed by atoms with Crippen LogP contribution in [0.1, 0.15) is 35.4 Å². The van der Waals surface area contributed by atoms with Crippen molar-refractivity contribution >= 4 is 58.2 Å². The highest BCUT2D eigenvalue weighted by atomic mass is 35.5. The maximum atomic E-state index is 15.2. The van der Waals surface area contributed by atoms with Gasteiger partial charge in [0.15, 0.2) is 33.0 Å². The molecule has 3 aromatic carbocycles. The largest absolute Gasteiger partial charge is 0.491 e. The zero-order valence-corrected chi connectivity index (χ0v) is 29.6. The number of nitrogens with zero attached hydrogens (tertiary/aromatic N) is 2. The average molecular weight is 857 g/mol. The Kier molecular flexibility index (Phi) is 9.51. The van der Waals surface area contributed by atoms with E-state index >= 15 is 8.78 Å². The number of amides is 4. The van der Waals surface area contributed by atoms with Crippen LogP contribution in [0.25, 0.3) is 0 Å². The molecule has 2 saturated heterocycles. The van der Waals surface area contributed by atoms with Crippen molar-refractivity contribution in [1.82, 2.24) is 0 Å². The van der Waals surface area contributed by atoms with E-state index in [1.807, 2.05) is 0 Å². The Labute approximate surface area is 322 Å². The number of benzene rings is 3. The molecule has 0 aromatic heterocycles. The van der Waals surface area contributed by atoms with Gasteiger partial charge < -0.3 is 9.84 Å². The summed E-state index contributed by atoms with van der Waals surface area (Å²) in [6, 6.07) is 5.22. The van der Waals surface area contributed by atoms with Gasteiger partial charge in [-0.25, -0.2) is 31.8 Å². The number of aliphatic hydroxyl groups excluding tert-OH is 1. The lowest BCUT2D eigenvalue weighted by molar-refractivity contribution is -0.143. The van der Waals surface area contributed by atoms with Gasteiger partial charge in [0.25, 0.3) is 11.8 Å². The zero-order valence-electron chi connectivity index (χ0n) is 28.1. The van der Waals surface area contributed by atoms with E-state index in [-0.39, 0.29) is 46.6 Å². The van der Waals surface area contributed by atoms with Gasteiger partial charge in [0.05, 0.1) is 35.3 Å². The molecule has 2 heterocycles. The Bertz CT molecular complexity index is 2240. The molecule has 3 fully saturated rings. The number of alkyl halides is 8. The Morgan fingerprint density at radius 1 is 0.737 bits per heavy atom. The summed E-state index contributed by atoms with van der Waals surface area (Å²) >= 11 is 14.0. The Morgan fingerprint density at radius 2 is 1.28 bits per heavy atom. The lowest BCUT2D eigenvalue weighted by Crippen LogP contribution is -2.60. The molecular formula is C36H21Cl2F11N2O6. The van der Waals surface area contributed by atoms with Crippen LogP contribution in [0.2, 0.25) is 0 Å². The maximum Gasteiger partial charge on any atom is 0.416 e. The zero-order chi connectivity index (χ0) is 41.9. The molecule has 2 aliphatic heterocycles. The molecule has 7 rings (SSSR count). The Hall–Kier alpha value is -4.75. The lowest BCUT2D eigenvalue weighted by Gasteiger charge is -2.50. The number of fused-ring (bicyclic) bond motifs is 4. The van der Waals surface area contributed by atoms with Crippen molar-refractivity contribution in [2.45, 2.75) is 40.9 Å². The molecule has 302 valence electrons. The minimum atomic E-state index is -5.37. The predicted molar refractivity (Wildman–Crippen MR) is 174 cm³/mol. The fourth-order valence-electron chi connectivity index (χ4n) is 8.18. The Morgan fingerprint density at radius 3 is 1.81 bits per heavy atom. The number of imide groups is 2. The van der Waals surface area contributed by atoms with Gasteiger partial charge in [0.2, 0.25) is 17.6 Å². The molecule has 0 radical (unpaired) electrons. The predicted octanol–water partition coefficient (Wildman–Crippen LogP) is 7.56. The molecule has 0 bridgehead atoms. The van der Waals surface area contributed by atoms with E-state index in [4.69, 9.17) is 33.0 Å². The molecule has 4 aliphatic rings. The number of anilines is 2. The summed E-state index contributed by atoms with van der Waals surface area (Å²) in [5.41, 5.74) is -6.87. The van der Waals surface area contributed by atoms with E-state index in [1.165, 1.54) is 30.3 Å². The molecular weight excluding hydrogens is 836 g/mol. The van der Waals surface area contributed by atoms with Gasteiger partial charge in [-0.15, -0.1) is 23.2 Å². The summed E-state index contributed by atoms with van der Waals surface area (Å²) in [5, 5.41) is 9.13. The number of carbonyl (C=O) groups excluding carboxylic acids is 4. The van der Waals surface area contributed by atoms with Crippen LogP contribution in [0.5, 0.6) is 5.75 Å². The van der Waals surface area contributed by atoms with Gasteiger partial charge in [-0.3, -0.25) is 19.2 Å². The van der Waals surface area contributed by atoms with Gasteiger partial charge in [-0.05, 0) is 54.7 Å². The van der Waals surface area contributed by atoms with E-state index in [1.54, 1.807) is 0 Å². The summed E-state index contributed by atoms with van der Waals surface area (Å²) in [4.78, 5) is 50.6. The number of hydrogen-bond acceptors (Lipinski definition) is 6. The third-order valence-electron chi connectivity index (χ3n) is 10.6. The highest BCUT2D eigenvalue weighted by molar-refractivity contribution is 6.58. The van der Waals surface area contributed by atoms with Crippen LogP contribution in [0, 0.1) is 46.8 Å². The van der Waals surface area contributed by atoms with Crippen LogP contribution in [0.15, 0.2) is 54.1 Å². The van der Waals surface area contributed by atoms with Gasteiger partial charge in [0.1, 0.15) is 18.0 Å². The number of carbonyl (C=O) groups is 4. The fourth-order valence-corrected chi connectivity index (χ4v) is 9.12. The van der Waals surface area contributed by atoms with Crippen molar-refractivity contribution in [3.63, 3.8) is 0 Å². The SMILES string of the molecule is O=C1C2CC=C3C(CC4(Cl)C(=O)N(c5c(F)c(F)c(F)c(F)c5F)C(=O)C4(Cl)C3c3ccc(OCCO)cc3)C2C(=O)N1c1cc(C(F)(F)F)cc(C(F)(F)F)c1. The number of ether oxygens (including phenoxy) is 1. The third kappa shape index (κ3) is 5.81. The smallest absolute Gasteiger partial charge is 0.416 e. The molecule has 4 amide bonds. The normalized spacial score (nSPS) is 27.4. The quantitative estimate of drug-likeness (QED) is 0.0686. The van der Waals surface area contributed by atoms with E-state index in [0.29, 0.717) is 0 Å². The molecule has 0 spiro atoms. The number of aliphatic hydroxyl groups is 1. The maximum absolute atomic E-state index is 15.2. The first-order valence-corrected chi connectivity index (χ1v) is 17.2. The molecule has 8 nitrogen and oxygen atoms in total. The highest BCUT2D eigenvalue weighted by Crippen LogP contribution is 2.66. The lowest BCUT2D eigenvalue weighted by atomic mass is 9.56. The topological polar surface area (TPSA) is 104 Å². The molecule has 1 saturated carbocycles. The van der Waals surface area contributed by atoms with E-state index in [2.05, 4.69) is 0 Å². The fraction of sp³-hybridized carbons (Fsp3) is 0.333. The van der Waals surface area contributed by atoms with Crippen LogP contribution in [-0.4, -0.2) is 51.7 Å². The summed E-state index contributed by atoms with van der Waals surface area (Å²) < 4.78 is 161. The summed E-state index contributed by atoms with van der Waals surface area (Å²) in [5.74, 6) is -25.4. The number of rotatable bonds is 6. The first kappa shape index (κ1) is 40.4. The first-order chi connectivity index (χ1) is 26.5. The minimum Gasteiger partial charge on any atom is -0.491 e. The van der Waals surface area contributed by atoms with Crippen LogP contribution >= 0.6 is 23.2 Å². The first-order valence-electron chi connectivity index (χ1n) is 16.5. The van der Waals surface area contributed by atoms with Crippen LogP contribution in [0.4, 0.5) is 59.7 Å². The van der Waals surface area contributed by atoms with Crippen LogP contribution in [-0.2, 0) is 31.5 Å². The Balaban J connectivity index is 1.40. The van der Waals surface area contributed by atoms with Crippen molar-refractivity contribution in [1.29, 1.82) is 0 Å². The van der Waals surface area contributed by atoms with Crippen LogP contribution in [0.3, 0.4) is 0 Å². The average Bonchev–Trinajstić information content (AvgIpc) is 3.49. The second-order valence-electron chi connectivity index (χ2n) is 13.6. The van der Waals surface area contributed by atoms with E-state index in [9.17, 15) is 58.7 Å². The standard InChI is InChI=1S/C36H21Cl2F11N2O6/c37-33-12-20-18(5-6-19-21(20)30(54)50(29(19)53)16-10-14(35(44,45)46)9-15(11-16)36(47,48)49)22(13-1-3-17(4-2-13)57-8-7-52)34(33,38)32(56)51(31(33)55)28-26(42)24(40)23(39)25(41)27(28)43/h1-5,9-11,19-22,52H,6-8,12H2. The number of allylic oxidation sites excluding steroid dienone is 2. The van der Waals surface area contributed by atoms with E-state index < -0.39 is 145 Å². The summed E-state index contributed by atoms with van der Waals surface area (Å²) in [6.07, 6.45) is -10.9. The van der Waals surface area contributed by atoms with Crippen molar-refractivity contribution in [3.05, 3.63) is 99.9 Å². The second kappa shape index (κ2) is 13.4. The number of hydrogen-bond donors (Lipinski definition) is 1. The molecule has 57 heavy (non-hydrogen) atoms. The van der Waals surface area contributed by atoms with E-state index in [0.717, 1.165) is 0 Å². The monoisotopic (exact) mass is 856 g/mol. The molecule has 6 unspecified atom stereocenters. The van der Waals surface area contributed by atoms with Gasteiger partial charge in [-0.1, -0.05) is 23.8 Å². The van der Waals surface area contributed by atoms with Crippen molar-refractivity contribution in [2.75, 3.05) is 23.0 Å². The number of halogens is 13. The summed E-state index contributed by atoms with van der Waals surface area (Å²) in [7, 11) is 0. The minimum absolute atomic E-state index is 0.0255. The molecule has 1 N–H and O–H groups in total. The van der Waals surface area contributed by atoms with Gasteiger partial charge in [-0.2, -0.15) is 26.3 Å². The molecule has 2 aliphatic carbocycles. The molecule has 21 heteroatoms. The van der Waals surface area contributed by atoms with Crippen LogP contribution < -0.4 is 14.5 Å².